The van der Waals surface area contributed by atoms with Crippen molar-refractivity contribution in [2.45, 2.75) is 19.9 Å². The van der Waals surface area contributed by atoms with Gasteiger partial charge in [-0.15, -0.1) is 10.2 Å². The molecule has 0 spiro atoms. The molecule has 1 fully saturated rings. The molecular weight excluding hydrogens is 453 g/mol. The maximum atomic E-state index is 15.0. The Morgan fingerprint density at radius 2 is 1.97 bits per heavy atom. The molecule has 0 radical (unpaired) electrons. The van der Waals surface area contributed by atoms with Crippen molar-refractivity contribution in [2.24, 2.45) is 0 Å². The highest BCUT2D eigenvalue weighted by Crippen LogP contribution is 2.27. The summed E-state index contributed by atoms with van der Waals surface area (Å²) in [5.74, 6) is 4.17. The second-order valence-corrected chi connectivity index (χ2v) is 9.81. The lowest BCUT2D eigenvalue weighted by Crippen LogP contribution is -2.47. The number of nitrogens with zero attached hydrogens (tertiary/aromatic N) is 4. The van der Waals surface area contributed by atoms with Crippen molar-refractivity contribution in [3.05, 3.63) is 65.3 Å². The largest absolute Gasteiger partial charge is 0.415 e. The van der Waals surface area contributed by atoms with Gasteiger partial charge in [0.05, 0.1) is 6.54 Å². The smallest absolute Gasteiger partial charge is 0.324 e. The second kappa shape index (κ2) is 9.78. The van der Waals surface area contributed by atoms with Crippen LogP contribution in [0.25, 0.3) is 11.5 Å². The second-order valence-electron chi connectivity index (χ2n) is 7.77. The molecule has 4 rings (SSSR count). The molecule has 2 heterocycles. The molecule has 1 aliphatic rings. The summed E-state index contributed by atoms with van der Waals surface area (Å²) in [6.45, 7) is 3.15. The van der Waals surface area contributed by atoms with Crippen LogP contribution in [0.3, 0.4) is 0 Å². The van der Waals surface area contributed by atoms with Crippen molar-refractivity contribution in [1.29, 1.82) is 0 Å². The topological polar surface area (TPSA) is 62.5 Å². The summed E-state index contributed by atoms with van der Waals surface area (Å²) in [5.41, 5.74) is 2.10. The summed E-state index contributed by atoms with van der Waals surface area (Å²) in [5, 5.41) is 6.82. The van der Waals surface area contributed by atoms with Crippen molar-refractivity contribution < 1.29 is 22.4 Å². The lowest BCUT2D eigenvalue weighted by molar-refractivity contribution is 0.116. The molecule has 0 atom stereocenters. The van der Waals surface area contributed by atoms with Crippen LogP contribution in [0.2, 0.25) is 0 Å². The third-order valence-electron chi connectivity index (χ3n) is 5.37. The van der Waals surface area contributed by atoms with Gasteiger partial charge in [0, 0.05) is 41.4 Å². The fraction of sp³-hybridized carbons (Fsp3) is 0.304. The third kappa shape index (κ3) is 5.27. The van der Waals surface area contributed by atoms with Gasteiger partial charge >= 0.3 is 12.5 Å². The molecule has 6 nitrogen and oxygen atoms in total. The first-order valence-electron chi connectivity index (χ1n) is 10.3. The van der Waals surface area contributed by atoms with E-state index >= 15 is 4.39 Å². The van der Waals surface area contributed by atoms with Crippen LogP contribution in [0, 0.1) is 12.7 Å². The molecule has 0 saturated carbocycles. The van der Waals surface area contributed by atoms with Crippen molar-refractivity contribution in [3.63, 3.8) is 0 Å². The van der Waals surface area contributed by atoms with Gasteiger partial charge in [-0.3, -0.25) is 4.90 Å². The Hall–Kier alpha value is -3.14. The Morgan fingerprint density at radius 1 is 1.21 bits per heavy atom. The van der Waals surface area contributed by atoms with E-state index in [1.54, 1.807) is 9.80 Å². The molecule has 1 aromatic heterocycles. The number of aryl methyl sites for hydroxylation is 1. The van der Waals surface area contributed by atoms with Crippen molar-refractivity contribution in [2.75, 3.05) is 29.5 Å². The maximum Gasteiger partial charge on any atom is 0.324 e. The standard InChI is InChI=1S/C23H23F3N4O2S/c1-15-4-3-5-18(12-15)30(23(31)29-8-10-33(2)11-9-29)14-17-7-6-16(13-19(17)24)21-27-28-22(32-21)20(25)26/h3-7,12-13,20H,2,8-11,14H2,1H3. The van der Waals surface area contributed by atoms with E-state index in [0.717, 1.165) is 23.1 Å². The molecule has 1 aliphatic heterocycles. The number of rotatable bonds is 5. The number of benzene rings is 2. The summed E-state index contributed by atoms with van der Waals surface area (Å²) < 4.78 is 45.3. The Labute approximate surface area is 191 Å². The summed E-state index contributed by atoms with van der Waals surface area (Å²) in [4.78, 5) is 16.7. The Balaban J connectivity index is 1.61. The average molecular weight is 477 g/mol. The number of anilines is 1. The van der Waals surface area contributed by atoms with Crippen molar-refractivity contribution in [1.82, 2.24) is 15.1 Å². The van der Waals surface area contributed by atoms with E-state index in [9.17, 15) is 13.6 Å². The van der Waals surface area contributed by atoms with E-state index < -0.39 is 18.1 Å². The number of urea groups is 1. The molecule has 0 unspecified atom stereocenters. The van der Waals surface area contributed by atoms with E-state index in [2.05, 4.69) is 16.1 Å². The molecule has 0 aliphatic carbocycles. The van der Waals surface area contributed by atoms with Gasteiger partial charge in [-0.05, 0) is 36.8 Å². The molecule has 174 valence electrons. The highest BCUT2D eigenvalue weighted by atomic mass is 32.2. The normalized spacial score (nSPS) is 14.6. The lowest BCUT2D eigenvalue weighted by atomic mass is 10.1. The predicted molar refractivity (Wildman–Crippen MR) is 123 cm³/mol. The van der Waals surface area contributed by atoms with Gasteiger partial charge in [0.25, 0.3) is 5.89 Å². The van der Waals surface area contributed by atoms with Gasteiger partial charge in [-0.2, -0.15) is 19.3 Å². The highest BCUT2D eigenvalue weighted by molar-refractivity contribution is 8.14. The van der Waals surface area contributed by atoms with Crippen LogP contribution in [0.1, 0.15) is 23.4 Å². The van der Waals surface area contributed by atoms with Gasteiger partial charge < -0.3 is 9.32 Å². The van der Waals surface area contributed by atoms with Crippen LogP contribution in [0.4, 0.5) is 23.7 Å². The predicted octanol–water partition coefficient (Wildman–Crippen LogP) is 5.26. The number of hydrogen-bond acceptors (Lipinski definition) is 4. The number of aromatic nitrogens is 2. The minimum absolute atomic E-state index is 0.00705. The van der Waals surface area contributed by atoms with Gasteiger partial charge in [-0.25, -0.2) is 9.18 Å². The SMILES string of the molecule is C=S1CCN(C(=O)N(Cc2ccc(-c3nnc(C(F)F)o3)cc2F)c2cccc(C)c2)CC1. The minimum Gasteiger partial charge on any atom is -0.415 e. The van der Waals surface area contributed by atoms with Crippen LogP contribution >= 0.6 is 10.5 Å². The molecular formula is C23H23F3N4O2S. The Kier molecular flexibility index (Phi) is 6.83. The van der Waals surface area contributed by atoms with Gasteiger partial charge in [0.1, 0.15) is 5.82 Å². The van der Waals surface area contributed by atoms with Gasteiger partial charge in [0.15, 0.2) is 0 Å². The molecule has 10 heteroatoms. The molecule has 2 aromatic carbocycles. The van der Waals surface area contributed by atoms with Crippen LogP contribution in [0.15, 0.2) is 46.9 Å². The summed E-state index contributed by atoms with van der Waals surface area (Å²) in [6.07, 6.45) is -2.90. The van der Waals surface area contributed by atoms with Crippen molar-refractivity contribution in [3.8, 4) is 11.5 Å². The number of halogens is 3. The van der Waals surface area contributed by atoms with Crippen LogP contribution in [-0.2, 0) is 6.54 Å². The number of alkyl halides is 2. The molecule has 1 saturated heterocycles. The maximum absolute atomic E-state index is 15.0. The molecule has 0 N–H and O–H groups in total. The third-order valence-corrected chi connectivity index (χ3v) is 6.89. The monoisotopic (exact) mass is 476 g/mol. The average Bonchev–Trinajstić information content (AvgIpc) is 3.29. The van der Waals surface area contributed by atoms with Gasteiger partial charge in [0.2, 0.25) is 5.89 Å². The number of hydrogen-bond donors (Lipinski definition) is 0. The number of amides is 2. The fourth-order valence-corrected chi connectivity index (χ4v) is 4.70. The van der Waals surface area contributed by atoms with E-state index in [1.807, 2.05) is 31.2 Å². The minimum atomic E-state index is -2.90. The molecule has 0 bridgehead atoms. The number of carbonyl (C=O) groups excluding carboxylic acids is 1. The zero-order valence-electron chi connectivity index (χ0n) is 18.0. The van der Waals surface area contributed by atoms with E-state index in [4.69, 9.17) is 4.42 Å². The zero-order valence-corrected chi connectivity index (χ0v) is 18.8. The Bertz CT molecular complexity index is 1170. The van der Waals surface area contributed by atoms with E-state index in [1.165, 1.54) is 12.1 Å². The quantitative estimate of drug-likeness (QED) is 0.471. The lowest BCUT2D eigenvalue weighted by Gasteiger charge is -2.34. The summed E-state index contributed by atoms with van der Waals surface area (Å²) in [7, 11) is 0.0581. The summed E-state index contributed by atoms with van der Waals surface area (Å²) in [6, 6.07) is 11.4. The first kappa shape index (κ1) is 23.0. The van der Waals surface area contributed by atoms with Crippen molar-refractivity contribution >= 4 is 28.1 Å². The zero-order chi connectivity index (χ0) is 23.5. The van der Waals surface area contributed by atoms with Crippen LogP contribution < -0.4 is 4.90 Å². The molecule has 33 heavy (non-hydrogen) atoms. The fourth-order valence-electron chi connectivity index (χ4n) is 3.54. The number of carbonyl (C=O) groups is 1. The van der Waals surface area contributed by atoms with E-state index in [0.29, 0.717) is 18.8 Å². The van der Waals surface area contributed by atoms with E-state index in [-0.39, 0.29) is 40.1 Å². The van der Waals surface area contributed by atoms with Gasteiger partial charge in [-0.1, -0.05) is 24.1 Å². The first-order chi connectivity index (χ1) is 15.8. The Morgan fingerprint density at radius 3 is 2.61 bits per heavy atom. The van der Waals surface area contributed by atoms with Crippen LogP contribution in [0.5, 0.6) is 0 Å². The van der Waals surface area contributed by atoms with Crippen LogP contribution in [-0.4, -0.2) is 51.6 Å². The molecule has 2 amide bonds. The molecule has 3 aromatic rings. The highest BCUT2D eigenvalue weighted by Gasteiger charge is 2.26. The summed E-state index contributed by atoms with van der Waals surface area (Å²) >= 11 is 0. The first-order valence-corrected chi connectivity index (χ1v) is 12.1.